The summed E-state index contributed by atoms with van der Waals surface area (Å²) < 4.78 is 45.1. The number of rotatable bonds is 9. The molecule has 1 aliphatic heterocycles. The van der Waals surface area contributed by atoms with E-state index in [1.807, 2.05) is 24.3 Å². The second-order valence-electron chi connectivity index (χ2n) is 8.86. The van der Waals surface area contributed by atoms with Crippen molar-refractivity contribution < 1.29 is 47.5 Å². The van der Waals surface area contributed by atoms with Crippen molar-refractivity contribution in [2.45, 2.75) is 25.9 Å². The molecule has 2 aliphatic rings. The highest BCUT2D eigenvalue weighted by atomic mass is 16.7. The van der Waals surface area contributed by atoms with E-state index in [2.05, 4.69) is 0 Å². The van der Waals surface area contributed by atoms with Crippen molar-refractivity contribution in [3.05, 3.63) is 41.0 Å². The van der Waals surface area contributed by atoms with Crippen molar-refractivity contribution in [2.75, 3.05) is 48.4 Å². The van der Waals surface area contributed by atoms with E-state index >= 15 is 0 Å². The van der Waals surface area contributed by atoms with Gasteiger partial charge in [0.15, 0.2) is 23.0 Å². The highest BCUT2D eigenvalue weighted by Gasteiger charge is 2.46. The van der Waals surface area contributed by atoms with Crippen molar-refractivity contribution in [2.24, 2.45) is 11.8 Å². The van der Waals surface area contributed by atoms with Crippen LogP contribution in [0.3, 0.4) is 0 Å². The molecular weight excluding hydrogens is 484 g/mol. The number of hydrogen-bond acceptors (Lipinski definition) is 10. The number of fused-ring (bicyclic) bond motifs is 2. The van der Waals surface area contributed by atoms with Crippen LogP contribution < -0.4 is 23.7 Å². The Hall–Kier alpha value is -3.66. The Bertz CT molecular complexity index is 1140. The molecule has 200 valence electrons. The molecule has 2 aromatic carbocycles. The topological polar surface area (TPSA) is 108 Å². The maximum absolute atomic E-state index is 11.9. The molecule has 0 radical (unpaired) electrons. The predicted molar refractivity (Wildman–Crippen MR) is 131 cm³/mol. The van der Waals surface area contributed by atoms with E-state index in [1.54, 1.807) is 28.4 Å². The number of carbonyl (C=O) groups is 2. The van der Waals surface area contributed by atoms with Crippen LogP contribution in [-0.4, -0.2) is 60.4 Å². The zero-order chi connectivity index (χ0) is 26.7. The van der Waals surface area contributed by atoms with Gasteiger partial charge in [-0.05, 0) is 41.0 Å². The summed E-state index contributed by atoms with van der Waals surface area (Å²) in [6.45, 7) is 2.95. The number of methoxy groups -OCH3 is 4. The van der Waals surface area contributed by atoms with Crippen molar-refractivity contribution in [1.29, 1.82) is 0 Å². The number of ether oxygens (including phenoxy) is 8. The second kappa shape index (κ2) is 11.2. The fraction of sp³-hybridized carbons (Fsp3) is 0.481. The van der Waals surface area contributed by atoms with E-state index in [0.717, 1.165) is 16.7 Å². The molecule has 0 amide bonds. The zero-order valence-corrected chi connectivity index (χ0v) is 21.8. The molecule has 0 saturated heterocycles. The molecule has 0 aromatic heterocycles. The Morgan fingerprint density at radius 3 is 1.81 bits per heavy atom. The summed E-state index contributed by atoms with van der Waals surface area (Å²) in [4.78, 5) is 23.7. The molecule has 0 saturated carbocycles. The van der Waals surface area contributed by atoms with Gasteiger partial charge in [-0.15, -0.1) is 0 Å². The molecule has 37 heavy (non-hydrogen) atoms. The summed E-state index contributed by atoms with van der Waals surface area (Å²) in [7, 11) is 6.24. The van der Waals surface area contributed by atoms with Crippen LogP contribution in [0.25, 0.3) is 0 Å². The van der Waals surface area contributed by atoms with Crippen molar-refractivity contribution >= 4 is 11.9 Å². The van der Waals surface area contributed by atoms with Crippen LogP contribution in [0.5, 0.6) is 28.7 Å². The molecule has 1 aliphatic carbocycles. The molecule has 0 spiro atoms. The Balaban J connectivity index is 1.96. The van der Waals surface area contributed by atoms with Gasteiger partial charge in [0, 0.05) is 38.7 Å². The van der Waals surface area contributed by atoms with Gasteiger partial charge in [-0.2, -0.15) is 0 Å². The first kappa shape index (κ1) is 26.4. The van der Waals surface area contributed by atoms with Crippen LogP contribution in [-0.2, 0) is 23.8 Å². The Morgan fingerprint density at radius 2 is 1.32 bits per heavy atom. The second-order valence-corrected chi connectivity index (χ2v) is 8.86. The highest BCUT2D eigenvalue weighted by Crippen LogP contribution is 2.54. The van der Waals surface area contributed by atoms with Gasteiger partial charge in [0.2, 0.25) is 12.5 Å². The predicted octanol–water partition coefficient (Wildman–Crippen LogP) is 3.63. The number of hydrogen-bond donors (Lipinski definition) is 0. The van der Waals surface area contributed by atoms with E-state index in [9.17, 15) is 9.59 Å². The molecule has 0 fully saturated rings. The normalized spacial score (nSPS) is 21.6. The van der Waals surface area contributed by atoms with Gasteiger partial charge in [0.1, 0.15) is 0 Å². The van der Waals surface area contributed by atoms with Crippen LogP contribution >= 0.6 is 0 Å². The molecule has 10 nitrogen and oxygen atoms in total. The first-order valence-corrected chi connectivity index (χ1v) is 11.9. The molecule has 1 heterocycles. The van der Waals surface area contributed by atoms with Gasteiger partial charge in [-0.1, -0.05) is 0 Å². The fourth-order valence-electron chi connectivity index (χ4n) is 5.29. The van der Waals surface area contributed by atoms with Gasteiger partial charge in [-0.3, -0.25) is 9.59 Å². The maximum atomic E-state index is 11.9. The molecule has 10 heteroatoms. The summed E-state index contributed by atoms with van der Waals surface area (Å²) in [5.74, 6) is 0.760. The SMILES string of the molecule is COc1cc([C@@H]2c3cc4c(cc3[C@@H](OC)[C@@H](COC(C)=O)[C@H]2COC(C)=O)OCO4)cc(OC)c1OC. The van der Waals surface area contributed by atoms with Gasteiger partial charge < -0.3 is 37.9 Å². The Morgan fingerprint density at radius 1 is 0.784 bits per heavy atom. The third kappa shape index (κ3) is 5.11. The van der Waals surface area contributed by atoms with Crippen molar-refractivity contribution in [3.63, 3.8) is 0 Å². The first-order valence-electron chi connectivity index (χ1n) is 11.9. The quantitative estimate of drug-likeness (QED) is 0.459. The van der Waals surface area contributed by atoms with Gasteiger partial charge >= 0.3 is 11.9 Å². The molecular formula is C27H32O10. The maximum Gasteiger partial charge on any atom is 0.302 e. The minimum atomic E-state index is -0.470. The summed E-state index contributed by atoms with van der Waals surface area (Å²) in [5.41, 5.74) is 2.59. The Labute approximate surface area is 215 Å². The third-order valence-electron chi connectivity index (χ3n) is 6.84. The lowest BCUT2D eigenvalue weighted by Gasteiger charge is -2.43. The standard InChI is InChI=1S/C27H32O10/c1-14(28)34-11-19-20(12-35-15(2)29)26(32-5)18-10-22-21(36-13-37-22)9-17(18)25(19)16-7-23(30-3)27(33-6)24(8-16)31-4/h7-10,19-20,25-26H,11-13H2,1-6H3/t19-,20+,25-,26-/m1/s1. The van der Waals surface area contributed by atoms with Crippen LogP contribution in [0, 0.1) is 11.8 Å². The van der Waals surface area contributed by atoms with E-state index in [1.165, 1.54) is 13.8 Å². The number of esters is 2. The average Bonchev–Trinajstić information content (AvgIpc) is 3.35. The summed E-state index contributed by atoms with van der Waals surface area (Å²) in [6.07, 6.45) is -0.470. The lowest BCUT2D eigenvalue weighted by Crippen LogP contribution is -2.40. The van der Waals surface area contributed by atoms with Gasteiger partial charge in [0.25, 0.3) is 0 Å². The van der Waals surface area contributed by atoms with E-state index < -0.39 is 18.0 Å². The van der Waals surface area contributed by atoms with Crippen LogP contribution in [0.1, 0.15) is 42.6 Å². The van der Waals surface area contributed by atoms with E-state index in [-0.39, 0.29) is 37.8 Å². The monoisotopic (exact) mass is 516 g/mol. The third-order valence-corrected chi connectivity index (χ3v) is 6.84. The minimum Gasteiger partial charge on any atom is -0.493 e. The van der Waals surface area contributed by atoms with Crippen LogP contribution in [0.2, 0.25) is 0 Å². The van der Waals surface area contributed by atoms with Gasteiger partial charge in [-0.25, -0.2) is 0 Å². The summed E-state index contributed by atoms with van der Waals surface area (Å²) >= 11 is 0. The van der Waals surface area contributed by atoms with Crippen LogP contribution in [0.4, 0.5) is 0 Å². The van der Waals surface area contributed by atoms with E-state index in [0.29, 0.717) is 28.7 Å². The molecule has 2 aromatic rings. The van der Waals surface area contributed by atoms with Crippen LogP contribution in [0.15, 0.2) is 24.3 Å². The lowest BCUT2D eigenvalue weighted by molar-refractivity contribution is -0.151. The van der Waals surface area contributed by atoms with Gasteiger partial charge in [0.05, 0.1) is 40.6 Å². The fourth-order valence-corrected chi connectivity index (χ4v) is 5.29. The largest absolute Gasteiger partial charge is 0.493 e. The average molecular weight is 517 g/mol. The Kier molecular flexibility index (Phi) is 7.97. The van der Waals surface area contributed by atoms with E-state index in [4.69, 9.17) is 37.9 Å². The zero-order valence-electron chi connectivity index (χ0n) is 21.8. The molecule has 4 atom stereocenters. The van der Waals surface area contributed by atoms with Crippen molar-refractivity contribution in [1.82, 2.24) is 0 Å². The summed E-state index contributed by atoms with van der Waals surface area (Å²) in [6, 6.07) is 7.58. The lowest BCUT2D eigenvalue weighted by atomic mass is 9.65. The minimum absolute atomic E-state index is 0.0641. The number of benzene rings is 2. The number of carbonyl (C=O) groups excluding carboxylic acids is 2. The highest BCUT2D eigenvalue weighted by molar-refractivity contribution is 5.66. The molecule has 0 unspecified atom stereocenters. The summed E-state index contributed by atoms with van der Waals surface area (Å²) in [5, 5.41) is 0. The van der Waals surface area contributed by atoms with Crippen molar-refractivity contribution in [3.8, 4) is 28.7 Å². The molecule has 0 N–H and O–H groups in total. The molecule has 0 bridgehead atoms. The first-order chi connectivity index (χ1) is 17.8. The smallest absolute Gasteiger partial charge is 0.302 e. The molecule has 4 rings (SSSR count).